The molecule has 0 saturated heterocycles. The highest BCUT2D eigenvalue weighted by molar-refractivity contribution is 6.06. The molecule has 0 aliphatic heterocycles. The minimum Gasteiger partial charge on any atom is -0.497 e. The average molecular weight is 217 g/mol. The molecule has 0 atom stereocenters. The first-order valence-electron chi connectivity index (χ1n) is 4.70. The molecule has 16 heavy (non-hydrogen) atoms. The molecule has 0 bridgehead atoms. The summed E-state index contributed by atoms with van der Waals surface area (Å²) in [6.07, 6.45) is 1.57. The molecule has 0 saturated carbocycles. The Morgan fingerprint density at radius 1 is 1.44 bits per heavy atom. The predicted octanol–water partition coefficient (Wildman–Crippen LogP) is 0.847. The third-order valence-electron chi connectivity index (χ3n) is 2.32. The number of fused-ring (bicyclic) bond motifs is 1. The topological polar surface area (TPSA) is 77.2 Å². The van der Waals surface area contributed by atoms with Crippen LogP contribution in [0.15, 0.2) is 30.5 Å². The number of carbonyl (C=O) groups excluding carboxylic acids is 1. The van der Waals surface area contributed by atoms with E-state index in [0.29, 0.717) is 16.7 Å². The highest BCUT2D eigenvalue weighted by atomic mass is 16.5. The van der Waals surface area contributed by atoms with E-state index in [1.807, 2.05) is 0 Å². The van der Waals surface area contributed by atoms with E-state index in [0.717, 1.165) is 5.52 Å². The number of nitrogens with zero attached hydrogens (tertiary/aromatic N) is 1. The van der Waals surface area contributed by atoms with Gasteiger partial charge in [0.2, 0.25) is 0 Å². The van der Waals surface area contributed by atoms with Crippen LogP contribution >= 0.6 is 0 Å². The second kappa shape index (κ2) is 4.16. The summed E-state index contributed by atoms with van der Waals surface area (Å²) in [5.41, 5.74) is 3.31. The third kappa shape index (κ3) is 1.68. The van der Waals surface area contributed by atoms with E-state index in [-0.39, 0.29) is 5.91 Å². The molecule has 1 heterocycles. The summed E-state index contributed by atoms with van der Waals surface area (Å²) in [5, 5.41) is 0.713. The molecule has 0 aliphatic carbocycles. The molecule has 1 aromatic carbocycles. The number of ether oxygens (including phenoxy) is 1. The van der Waals surface area contributed by atoms with Gasteiger partial charge in [-0.15, -0.1) is 0 Å². The van der Waals surface area contributed by atoms with Gasteiger partial charge in [0, 0.05) is 11.6 Å². The number of benzene rings is 1. The third-order valence-corrected chi connectivity index (χ3v) is 2.32. The minimum absolute atomic E-state index is 0.347. The summed E-state index contributed by atoms with van der Waals surface area (Å²) in [4.78, 5) is 15.7. The van der Waals surface area contributed by atoms with E-state index in [1.54, 1.807) is 37.6 Å². The van der Waals surface area contributed by atoms with Gasteiger partial charge in [0.15, 0.2) is 0 Å². The van der Waals surface area contributed by atoms with Crippen molar-refractivity contribution in [3.05, 3.63) is 36.0 Å². The van der Waals surface area contributed by atoms with Gasteiger partial charge in [-0.05, 0) is 24.3 Å². The maximum atomic E-state index is 11.5. The van der Waals surface area contributed by atoms with E-state index in [2.05, 4.69) is 10.4 Å². The first-order valence-corrected chi connectivity index (χ1v) is 4.70. The molecule has 82 valence electrons. The van der Waals surface area contributed by atoms with Crippen LogP contribution in [0.25, 0.3) is 10.9 Å². The van der Waals surface area contributed by atoms with Gasteiger partial charge in [0.25, 0.3) is 5.91 Å². The predicted molar refractivity (Wildman–Crippen MR) is 59.9 cm³/mol. The van der Waals surface area contributed by atoms with Crippen LogP contribution in [-0.4, -0.2) is 18.0 Å². The Hall–Kier alpha value is -2.14. The van der Waals surface area contributed by atoms with Crippen molar-refractivity contribution in [2.75, 3.05) is 7.11 Å². The van der Waals surface area contributed by atoms with Crippen molar-refractivity contribution in [1.82, 2.24) is 10.4 Å². The number of amides is 1. The molecule has 0 fully saturated rings. The Morgan fingerprint density at radius 2 is 2.25 bits per heavy atom. The lowest BCUT2D eigenvalue weighted by molar-refractivity contribution is 0.0955. The Morgan fingerprint density at radius 3 is 2.94 bits per heavy atom. The van der Waals surface area contributed by atoms with E-state index < -0.39 is 0 Å². The number of hydrogen-bond acceptors (Lipinski definition) is 4. The van der Waals surface area contributed by atoms with Crippen LogP contribution in [0, 0.1) is 0 Å². The number of aromatic nitrogens is 1. The fourth-order valence-electron chi connectivity index (χ4n) is 1.53. The summed E-state index contributed by atoms with van der Waals surface area (Å²) < 4.78 is 5.10. The lowest BCUT2D eigenvalue weighted by Crippen LogP contribution is -2.30. The maximum absolute atomic E-state index is 11.5. The molecular formula is C11H11N3O2. The average Bonchev–Trinajstić information content (AvgIpc) is 2.36. The summed E-state index contributed by atoms with van der Waals surface area (Å²) in [5.74, 6) is 5.44. The zero-order valence-corrected chi connectivity index (χ0v) is 8.73. The van der Waals surface area contributed by atoms with Crippen molar-refractivity contribution in [1.29, 1.82) is 0 Å². The van der Waals surface area contributed by atoms with Crippen molar-refractivity contribution >= 4 is 16.8 Å². The normalized spacial score (nSPS) is 10.1. The molecule has 0 unspecified atom stereocenters. The van der Waals surface area contributed by atoms with Gasteiger partial charge in [-0.3, -0.25) is 15.2 Å². The maximum Gasteiger partial charge on any atom is 0.265 e. The van der Waals surface area contributed by atoms with Gasteiger partial charge in [-0.1, -0.05) is 0 Å². The van der Waals surface area contributed by atoms with Crippen molar-refractivity contribution in [2.24, 2.45) is 5.84 Å². The second-order valence-electron chi connectivity index (χ2n) is 3.22. The summed E-state index contributed by atoms with van der Waals surface area (Å²) in [6.45, 7) is 0. The Bertz CT molecular complexity index is 540. The number of methoxy groups -OCH3 is 1. The number of nitrogen functional groups attached to an aromatic ring is 1. The fourth-order valence-corrected chi connectivity index (χ4v) is 1.53. The highest BCUT2D eigenvalue weighted by Gasteiger charge is 2.09. The molecule has 3 N–H and O–H groups in total. The number of pyridine rings is 1. The van der Waals surface area contributed by atoms with Gasteiger partial charge in [-0.25, -0.2) is 5.84 Å². The van der Waals surface area contributed by atoms with Crippen LogP contribution in [0.4, 0.5) is 0 Å². The molecule has 5 heteroatoms. The van der Waals surface area contributed by atoms with E-state index in [4.69, 9.17) is 10.6 Å². The molecule has 0 aliphatic rings. The Kier molecular flexibility index (Phi) is 2.70. The van der Waals surface area contributed by atoms with Crippen molar-refractivity contribution in [3.8, 4) is 5.75 Å². The molecule has 1 amide bonds. The largest absolute Gasteiger partial charge is 0.497 e. The van der Waals surface area contributed by atoms with Gasteiger partial charge >= 0.3 is 0 Å². The summed E-state index contributed by atoms with van der Waals surface area (Å²) >= 11 is 0. The first kappa shape index (κ1) is 10.4. The van der Waals surface area contributed by atoms with Gasteiger partial charge in [-0.2, -0.15) is 0 Å². The van der Waals surface area contributed by atoms with Crippen molar-refractivity contribution in [2.45, 2.75) is 0 Å². The zero-order chi connectivity index (χ0) is 11.5. The standard InChI is InChI=1S/C11H11N3O2/c1-16-7-2-3-10-9(6-7)8(4-5-13-10)11(15)14-12/h2-6H,12H2,1H3,(H,14,15). The van der Waals surface area contributed by atoms with Crippen molar-refractivity contribution < 1.29 is 9.53 Å². The lowest BCUT2D eigenvalue weighted by atomic mass is 10.1. The van der Waals surface area contributed by atoms with Crippen LogP contribution in [0.3, 0.4) is 0 Å². The number of hydrazine groups is 1. The smallest absolute Gasteiger partial charge is 0.265 e. The molecular weight excluding hydrogens is 206 g/mol. The van der Waals surface area contributed by atoms with Gasteiger partial charge in [0.1, 0.15) is 5.75 Å². The molecule has 2 aromatic rings. The molecule has 0 spiro atoms. The van der Waals surface area contributed by atoms with Crippen LogP contribution < -0.4 is 16.0 Å². The fraction of sp³-hybridized carbons (Fsp3) is 0.0909. The summed E-state index contributed by atoms with van der Waals surface area (Å²) in [6, 6.07) is 6.96. The molecule has 2 rings (SSSR count). The Balaban J connectivity index is 2.68. The van der Waals surface area contributed by atoms with Gasteiger partial charge in [0.05, 0.1) is 18.2 Å². The second-order valence-corrected chi connectivity index (χ2v) is 3.22. The summed E-state index contributed by atoms with van der Waals surface area (Å²) in [7, 11) is 1.57. The zero-order valence-electron chi connectivity index (χ0n) is 8.73. The van der Waals surface area contributed by atoms with Crippen LogP contribution in [0.2, 0.25) is 0 Å². The van der Waals surface area contributed by atoms with E-state index >= 15 is 0 Å². The van der Waals surface area contributed by atoms with E-state index in [1.165, 1.54) is 0 Å². The van der Waals surface area contributed by atoms with Crippen LogP contribution in [0.5, 0.6) is 5.75 Å². The number of hydrogen-bond donors (Lipinski definition) is 2. The first-order chi connectivity index (χ1) is 7.76. The van der Waals surface area contributed by atoms with Crippen LogP contribution in [-0.2, 0) is 0 Å². The van der Waals surface area contributed by atoms with Gasteiger partial charge < -0.3 is 4.74 Å². The molecule has 1 aromatic heterocycles. The SMILES string of the molecule is COc1ccc2nccc(C(=O)NN)c2c1. The van der Waals surface area contributed by atoms with Crippen molar-refractivity contribution in [3.63, 3.8) is 0 Å². The lowest BCUT2D eigenvalue weighted by Gasteiger charge is -2.06. The van der Waals surface area contributed by atoms with E-state index in [9.17, 15) is 4.79 Å². The molecule has 0 radical (unpaired) electrons. The minimum atomic E-state index is -0.347. The number of rotatable bonds is 2. The quantitative estimate of drug-likeness (QED) is 0.444. The number of nitrogens with one attached hydrogen (secondary N) is 1. The number of nitrogens with two attached hydrogens (primary N) is 1. The monoisotopic (exact) mass is 217 g/mol. The number of carbonyl (C=O) groups is 1. The highest BCUT2D eigenvalue weighted by Crippen LogP contribution is 2.22. The van der Waals surface area contributed by atoms with Crippen LogP contribution in [0.1, 0.15) is 10.4 Å². The molecule has 5 nitrogen and oxygen atoms in total. The Labute approximate surface area is 92.2 Å².